The number of fused-ring (bicyclic) bond motifs is 1. The molecule has 1 aliphatic carbocycles. The fourth-order valence-electron chi connectivity index (χ4n) is 3.41. The average Bonchev–Trinajstić information content (AvgIpc) is 2.93. The SMILES string of the molecule is OCC1CCCCC1NCc1cc(Cl)cc2c1OCC2. The molecule has 1 aromatic rings. The molecule has 1 aliphatic heterocycles. The predicted octanol–water partition coefficient (Wildman–Crippen LogP) is 2.92. The molecule has 0 spiro atoms. The summed E-state index contributed by atoms with van der Waals surface area (Å²) in [5, 5.41) is 13.9. The molecule has 20 heavy (non-hydrogen) atoms. The summed E-state index contributed by atoms with van der Waals surface area (Å²) in [4.78, 5) is 0. The van der Waals surface area contributed by atoms with Crippen molar-refractivity contribution in [3.05, 3.63) is 28.3 Å². The van der Waals surface area contributed by atoms with Gasteiger partial charge in [-0.25, -0.2) is 0 Å². The molecule has 110 valence electrons. The highest BCUT2D eigenvalue weighted by Crippen LogP contribution is 2.33. The van der Waals surface area contributed by atoms with Gasteiger partial charge in [0.25, 0.3) is 0 Å². The molecule has 2 N–H and O–H groups in total. The Morgan fingerprint density at radius 2 is 2.15 bits per heavy atom. The van der Waals surface area contributed by atoms with E-state index in [0.29, 0.717) is 12.0 Å². The monoisotopic (exact) mass is 295 g/mol. The van der Waals surface area contributed by atoms with Crippen LogP contribution in [0.3, 0.4) is 0 Å². The summed E-state index contributed by atoms with van der Waals surface area (Å²) in [6.45, 7) is 1.80. The number of ether oxygens (including phenoxy) is 1. The largest absolute Gasteiger partial charge is 0.493 e. The van der Waals surface area contributed by atoms with Crippen LogP contribution in [0.4, 0.5) is 0 Å². The maximum Gasteiger partial charge on any atom is 0.127 e. The minimum atomic E-state index is 0.280. The van der Waals surface area contributed by atoms with Gasteiger partial charge in [-0.1, -0.05) is 24.4 Å². The highest BCUT2D eigenvalue weighted by molar-refractivity contribution is 6.30. The van der Waals surface area contributed by atoms with E-state index in [9.17, 15) is 5.11 Å². The third-order valence-corrected chi connectivity index (χ3v) is 4.74. The average molecular weight is 296 g/mol. The van der Waals surface area contributed by atoms with Crippen LogP contribution in [0.1, 0.15) is 36.8 Å². The Morgan fingerprint density at radius 3 is 3.00 bits per heavy atom. The van der Waals surface area contributed by atoms with Crippen LogP contribution in [0.2, 0.25) is 5.02 Å². The lowest BCUT2D eigenvalue weighted by molar-refractivity contribution is 0.152. The fraction of sp³-hybridized carbons (Fsp3) is 0.625. The molecule has 1 saturated carbocycles. The van der Waals surface area contributed by atoms with E-state index >= 15 is 0 Å². The molecule has 1 aromatic carbocycles. The number of halogens is 1. The molecule has 0 saturated heterocycles. The zero-order valence-corrected chi connectivity index (χ0v) is 12.5. The maximum absolute atomic E-state index is 9.47. The van der Waals surface area contributed by atoms with Crippen LogP contribution in [0, 0.1) is 5.92 Å². The normalized spacial score (nSPS) is 25.3. The zero-order chi connectivity index (χ0) is 13.9. The van der Waals surface area contributed by atoms with Crippen molar-refractivity contribution in [1.29, 1.82) is 0 Å². The zero-order valence-electron chi connectivity index (χ0n) is 11.7. The van der Waals surface area contributed by atoms with Gasteiger partial charge in [0.1, 0.15) is 5.75 Å². The quantitative estimate of drug-likeness (QED) is 0.897. The van der Waals surface area contributed by atoms with Gasteiger partial charge in [-0.3, -0.25) is 0 Å². The summed E-state index contributed by atoms with van der Waals surface area (Å²) in [7, 11) is 0. The van der Waals surface area contributed by atoms with E-state index in [2.05, 4.69) is 5.32 Å². The minimum Gasteiger partial charge on any atom is -0.493 e. The van der Waals surface area contributed by atoms with Crippen molar-refractivity contribution in [2.24, 2.45) is 5.92 Å². The molecule has 0 bridgehead atoms. The van der Waals surface area contributed by atoms with Gasteiger partial charge in [0, 0.05) is 36.2 Å². The molecule has 2 unspecified atom stereocenters. The Kier molecular flexibility index (Phi) is 4.49. The molecule has 1 heterocycles. The molecule has 0 aromatic heterocycles. The van der Waals surface area contributed by atoms with E-state index < -0.39 is 0 Å². The van der Waals surface area contributed by atoms with Gasteiger partial charge in [0.2, 0.25) is 0 Å². The van der Waals surface area contributed by atoms with Gasteiger partial charge < -0.3 is 15.2 Å². The summed E-state index contributed by atoms with van der Waals surface area (Å²) in [5.74, 6) is 1.40. The molecule has 3 rings (SSSR count). The number of nitrogens with one attached hydrogen (secondary N) is 1. The predicted molar refractivity (Wildman–Crippen MR) is 80.3 cm³/mol. The molecule has 1 fully saturated rings. The van der Waals surface area contributed by atoms with Crippen LogP contribution < -0.4 is 10.1 Å². The van der Waals surface area contributed by atoms with Crippen molar-refractivity contribution in [3.8, 4) is 5.75 Å². The molecule has 0 amide bonds. The smallest absolute Gasteiger partial charge is 0.127 e. The first kappa shape index (κ1) is 14.2. The van der Waals surface area contributed by atoms with E-state index in [-0.39, 0.29) is 6.61 Å². The highest BCUT2D eigenvalue weighted by Gasteiger charge is 2.25. The van der Waals surface area contributed by atoms with E-state index in [1.54, 1.807) is 0 Å². The molecule has 4 heteroatoms. The topological polar surface area (TPSA) is 41.5 Å². The van der Waals surface area contributed by atoms with E-state index in [4.69, 9.17) is 16.3 Å². The molecule has 2 aliphatic rings. The van der Waals surface area contributed by atoms with Crippen LogP contribution in [-0.2, 0) is 13.0 Å². The summed E-state index contributed by atoms with van der Waals surface area (Å²) in [6, 6.07) is 4.41. The number of hydrogen-bond acceptors (Lipinski definition) is 3. The Morgan fingerprint density at radius 1 is 1.30 bits per heavy atom. The Balaban J connectivity index is 1.69. The molecule has 0 radical (unpaired) electrons. The molecular weight excluding hydrogens is 274 g/mol. The van der Waals surface area contributed by atoms with E-state index in [1.165, 1.54) is 18.4 Å². The second-order valence-corrected chi connectivity index (χ2v) is 6.30. The Hall–Kier alpha value is -0.770. The first-order valence-corrected chi connectivity index (χ1v) is 7.94. The number of benzene rings is 1. The standard InChI is InChI=1S/C16H22ClNO2/c17-14-7-11-5-6-20-16(11)13(8-14)9-18-15-4-2-1-3-12(15)10-19/h7-8,12,15,18-19H,1-6,9-10H2. The fourth-order valence-corrected chi connectivity index (χ4v) is 3.68. The highest BCUT2D eigenvalue weighted by atomic mass is 35.5. The van der Waals surface area contributed by atoms with Crippen molar-refractivity contribution >= 4 is 11.6 Å². The minimum absolute atomic E-state index is 0.280. The summed E-state index contributed by atoms with van der Waals surface area (Å²) >= 11 is 6.18. The van der Waals surface area contributed by atoms with Gasteiger partial charge in [0.15, 0.2) is 0 Å². The molecule has 2 atom stereocenters. The number of hydrogen-bond donors (Lipinski definition) is 2. The first-order valence-electron chi connectivity index (χ1n) is 7.56. The number of aliphatic hydroxyl groups excluding tert-OH is 1. The van der Waals surface area contributed by atoms with Crippen LogP contribution in [0.5, 0.6) is 5.75 Å². The van der Waals surface area contributed by atoms with E-state index in [0.717, 1.165) is 48.7 Å². The lowest BCUT2D eigenvalue weighted by atomic mass is 9.85. The van der Waals surface area contributed by atoms with Crippen LogP contribution in [0.25, 0.3) is 0 Å². The third kappa shape index (κ3) is 2.95. The summed E-state index contributed by atoms with van der Waals surface area (Å²) in [6.07, 6.45) is 5.70. The van der Waals surface area contributed by atoms with Gasteiger partial charge >= 0.3 is 0 Å². The van der Waals surface area contributed by atoms with Crippen molar-refractivity contribution < 1.29 is 9.84 Å². The van der Waals surface area contributed by atoms with Gasteiger partial charge in [0.05, 0.1) is 6.61 Å². The molecular formula is C16H22ClNO2. The lowest BCUT2D eigenvalue weighted by Crippen LogP contribution is -2.39. The van der Waals surface area contributed by atoms with Crippen molar-refractivity contribution in [2.75, 3.05) is 13.2 Å². The van der Waals surface area contributed by atoms with Gasteiger partial charge in [-0.2, -0.15) is 0 Å². The van der Waals surface area contributed by atoms with E-state index in [1.807, 2.05) is 12.1 Å². The third-order valence-electron chi connectivity index (χ3n) is 4.52. The number of rotatable bonds is 4. The maximum atomic E-state index is 9.47. The van der Waals surface area contributed by atoms with Gasteiger partial charge in [-0.15, -0.1) is 0 Å². The second kappa shape index (κ2) is 6.33. The summed E-state index contributed by atoms with van der Waals surface area (Å²) < 4.78 is 5.73. The Bertz CT molecular complexity index is 478. The number of aliphatic hydroxyl groups is 1. The Labute approximate surface area is 125 Å². The van der Waals surface area contributed by atoms with Crippen LogP contribution >= 0.6 is 11.6 Å². The lowest BCUT2D eigenvalue weighted by Gasteiger charge is -2.31. The summed E-state index contributed by atoms with van der Waals surface area (Å²) in [5.41, 5.74) is 2.36. The van der Waals surface area contributed by atoms with Crippen molar-refractivity contribution in [1.82, 2.24) is 5.32 Å². The van der Waals surface area contributed by atoms with Gasteiger partial charge in [-0.05, 0) is 36.5 Å². The molecule has 3 nitrogen and oxygen atoms in total. The van der Waals surface area contributed by atoms with Crippen molar-refractivity contribution in [3.63, 3.8) is 0 Å². The first-order chi connectivity index (χ1) is 9.78. The van der Waals surface area contributed by atoms with Crippen LogP contribution in [-0.4, -0.2) is 24.4 Å². The second-order valence-electron chi connectivity index (χ2n) is 5.87. The van der Waals surface area contributed by atoms with Crippen LogP contribution in [0.15, 0.2) is 12.1 Å². The van der Waals surface area contributed by atoms with Crippen molar-refractivity contribution in [2.45, 2.75) is 44.7 Å².